The topological polar surface area (TPSA) is 54.1 Å². The Hall–Kier alpha value is -7.92. The molecule has 0 radical (unpaired) electrons. The van der Waals surface area contributed by atoms with E-state index in [0.29, 0.717) is 11.1 Å². The highest BCUT2D eigenvalue weighted by atomic mass is 15.2. The van der Waals surface area contributed by atoms with Gasteiger partial charge in [-0.1, -0.05) is 121 Å². The first-order valence-electron chi connectivity index (χ1n) is 23.5. The SMILES string of the molecule is CC1c2ccccc2N(c2ccc(C#N)cc2)c2c1cc1c3c(cccc23)C(C)(C)c2cc3c(cc2-1)C(C)(C)c1cccc2c4c(cc-3c12)C(C)(C)c1ccccc1N4c1ccc(C#N)cc1. The summed E-state index contributed by atoms with van der Waals surface area (Å²) < 4.78 is 0. The van der Waals surface area contributed by atoms with E-state index in [0.717, 1.165) is 11.4 Å². The summed E-state index contributed by atoms with van der Waals surface area (Å²) in [6.07, 6.45) is 0. The molecule has 0 saturated carbocycles. The molecule has 0 spiro atoms. The summed E-state index contributed by atoms with van der Waals surface area (Å²) in [6.45, 7) is 16.8. The normalized spacial score (nSPS) is 17.0. The lowest BCUT2D eigenvalue weighted by atomic mass is 9.62. The first kappa shape index (κ1) is 39.4. The van der Waals surface area contributed by atoms with Gasteiger partial charge in [-0.3, -0.25) is 0 Å². The molecule has 4 nitrogen and oxygen atoms in total. The predicted octanol–water partition coefficient (Wildman–Crippen LogP) is 16.4. The number of para-hydroxylation sites is 2. The van der Waals surface area contributed by atoms with Crippen LogP contribution in [0.4, 0.5) is 34.1 Å². The second kappa shape index (κ2) is 13.3. The molecule has 320 valence electrons. The Bertz CT molecular complexity index is 3760. The summed E-state index contributed by atoms with van der Waals surface area (Å²) in [5.74, 6) is 0.158. The zero-order valence-corrected chi connectivity index (χ0v) is 38.9. The van der Waals surface area contributed by atoms with Crippen molar-refractivity contribution in [2.75, 3.05) is 9.80 Å². The Morgan fingerprint density at radius 3 is 1.42 bits per heavy atom. The van der Waals surface area contributed by atoms with Crippen LogP contribution in [-0.4, -0.2) is 0 Å². The molecule has 0 amide bonds. The van der Waals surface area contributed by atoms with Gasteiger partial charge in [-0.05, 0) is 162 Å². The fraction of sp³-hybridized carbons (Fsp3) is 0.175. The van der Waals surface area contributed by atoms with Crippen LogP contribution in [0.15, 0.2) is 158 Å². The number of anilines is 6. The molecular weight excluding hydrogens is 813 g/mol. The van der Waals surface area contributed by atoms with Crippen LogP contribution in [0.5, 0.6) is 0 Å². The number of nitrogens with zero attached hydrogens (tertiary/aromatic N) is 4. The zero-order valence-electron chi connectivity index (χ0n) is 38.9. The van der Waals surface area contributed by atoms with Gasteiger partial charge in [0.1, 0.15) is 0 Å². The van der Waals surface area contributed by atoms with Crippen LogP contribution in [0.25, 0.3) is 43.8 Å². The van der Waals surface area contributed by atoms with Gasteiger partial charge in [0.15, 0.2) is 0 Å². The van der Waals surface area contributed by atoms with Gasteiger partial charge in [0.25, 0.3) is 0 Å². The number of nitriles is 2. The molecule has 4 heteroatoms. The average Bonchev–Trinajstić information content (AvgIpc) is 3.35. The Labute approximate surface area is 392 Å². The summed E-state index contributed by atoms with van der Waals surface area (Å²) in [5.41, 5.74) is 23.0. The van der Waals surface area contributed by atoms with Gasteiger partial charge in [0.2, 0.25) is 0 Å². The largest absolute Gasteiger partial charge is 0.309 e. The maximum absolute atomic E-state index is 9.76. The van der Waals surface area contributed by atoms with Gasteiger partial charge in [0.05, 0.1) is 40.3 Å². The quantitative estimate of drug-likeness (QED) is 0.174. The third-order valence-corrected chi connectivity index (χ3v) is 16.3. The maximum Gasteiger partial charge on any atom is 0.0991 e. The summed E-state index contributed by atoms with van der Waals surface area (Å²) in [5, 5.41) is 24.6. The lowest BCUT2D eigenvalue weighted by Crippen LogP contribution is -2.32. The van der Waals surface area contributed by atoms with Crippen molar-refractivity contribution in [2.24, 2.45) is 0 Å². The van der Waals surface area contributed by atoms with E-state index in [1.807, 2.05) is 24.3 Å². The number of rotatable bonds is 2. The highest BCUT2D eigenvalue weighted by molar-refractivity contribution is 6.15. The van der Waals surface area contributed by atoms with Crippen molar-refractivity contribution < 1.29 is 0 Å². The predicted molar refractivity (Wildman–Crippen MR) is 275 cm³/mol. The van der Waals surface area contributed by atoms with Crippen molar-refractivity contribution in [3.63, 3.8) is 0 Å². The van der Waals surface area contributed by atoms with Crippen LogP contribution in [-0.2, 0) is 16.2 Å². The fourth-order valence-electron chi connectivity index (χ4n) is 12.8. The molecule has 2 heterocycles. The molecule has 0 fully saturated rings. The first-order chi connectivity index (χ1) is 32.3. The van der Waals surface area contributed by atoms with E-state index >= 15 is 0 Å². The van der Waals surface area contributed by atoms with Crippen molar-refractivity contribution in [3.05, 3.63) is 213 Å². The highest BCUT2D eigenvalue weighted by Gasteiger charge is 2.44. The molecule has 0 aromatic heterocycles. The second-order valence-electron chi connectivity index (χ2n) is 20.7. The Balaban J connectivity index is 1.09. The van der Waals surface area contributed by atoms with Gasteiger partial charge in [0, 0.05) is 50.0 Å². The van der Waals surface area contributed by atoms with Crippen molar-refractivity contribution in [2.45, 2.75) is 70.6 Å². The van der Waals surface area contributed by atoms with Crippen LogP contribution < -0.4 is 9.80 Å². The van der Waals surface area contributed by atoms with Crippen molar-refractivity contribution in [1.82, 2.24) is 0 Å². The molecule has 9 aromatic carbocycles. The molecule has 0 N–H and O–H groups in total. The Morgan fingerprint density at radius 1 is 0.403 bits per heavy atom. The smallest absolute Gasteiger partial charge is 0.0991 e. The lowest BCUT2D eigenvalue weighted by Gasteiger charge is -2.45. The first-order valence-corrected chi connectivity index (χ1v) is 23.5. The summed E-state index contributed by atoms with van der Waals surface area (Å²) >= 11 is 0. The minimum atomic E-state index is -0.320. The Kier molecular flexibility index (Phi) is 7.86. The average molecular weight is 861 g/mol. The standard InChI is InChI=1S/C63H48N4/c1-36-41-14-8-10-20-55(41)66(39-26-22-37(34-64)23-27-39)59-42-15-12-18-50-57(42)47(30-44(36)59)45-31-53-46(32-52(45)62(50,4)5)48-33-54-60(43-16-13-19-51(58(43)48)63(53,6)7)67(40-28-24-38(35-65)25-29-40)56-21-11-9-17-49(56)61(54,2)3/h8-33,36H,1-7H3. The molecule has 1 atom stereocenters. The van der Waals surface area contributed by atoms with Crippen molar-refractivity contribution >= 4 is 55.7 Å². The summed E-state index contributed by atoms with van der Waals surface area (Å²) in [4.78, 5) is 4.88. The van der Waals surface area contributed by atoms with Crippen molar-refractivity contribution in [3.8, 4) is 34.4 Å². The fourth-order valence-corrected chi connectivity index (χ4v) is 12.8. The maximum atomic E-state index is 9.76. The van der Waals surface area contributed by atoms with Gasteiger partial charge < -0.3 is 9.80 Å². The van der Waals surface area contributed by atoms with Crippen LogP contribution >= 0.6 is 0 Å². The number of hydrogen-bond acceptors (Lipinski definition) is 4. The van der Waals surface area contributed by atoms with E-state index < -0.39 is 0 Å². The number of hydrogen-bond donors (Lipinski definition) is 0. The number of benzene rings is 9. The molecule has 2 aliphatic heterocycles. The van der Waals surface area contributed by atoms with E-state index in [2.05, 4.69) is 204 Å². The minimum Gasteiger partial charge on any atom is -0.309 e. The molecule has 9 aromatic rings. The van der Waals surface area contributed by atoms with Crippen LogP contribution in [0.3, 0.4) is 0 Å². The molecule has 1 unspecified atom stereocenters. The summed E-state index contributed by atoms with van der Waals surface area (Å²) in [7, 11) is 0. The van der Waals surface area contributed by atoms with Crippen molar-refractivity contribution in [1.29, 1.82) is 10.5 Å². The highest BCUT2D eigenvalue weighted by Crippen LogP contribution is 2.62. The lowest BCUT2D eigenvalue weighted by molar-refractivity contribution is 0.627. The van der Waals surface area contributed by atoms with E-state index in [1.54, 1.807) is 0 Å². The molecule has 0 bridgehead atoms. The number of fused-ring (bicyclic) bond motifs is 10. The summed E-state index contributed by atoms with van der Waals surface area (Å²) in [6, 6.07) is 62.6. The van der Waals surface area contributed by atoms with E-state index in [1.165, 1.54) is 111 Å². The van der Waals surface area contributed by atoms with E-state index in [9.17, 15) is 10.5 Å². The van der Waals surface area contributed by atoms with Crippen LogP contribution in [0.2, 0.25) is 0 Å². The monoisotopic (exact) mass is 860 g/mol. The van der Waals surface area contributed by atoms with Crippen LogP contribution in [0, 0.1) is 22.7 Å². The van der Waals surface area contributed by atoms with Gasteiger partial charge >= 0.3 is 0 Å². The third kappa shape index (κ3) is 5.06. The molecule has 2 aliphatic carbocycles. The second-order valence-corrected chi connectivity index (χ2v) is 20.7. The zero-order chi connectivity index (χ0) is 45.9. The Morgan fingerprint density at radius 2 is 0.851 bits per heavy atom. The third-order valence-electron chi connectivity index (χ3n) is 16.3. The minimum absolute atomic E-state index is 0.158. The van der Waals surface area contributed by atoms with Gasteiger partial charge in [-0.25, -0.2) is 0 Å². The van der Waals surface area contributed by atoms with E-state index in [-0.39, 0.29) is 22.2 Å². The van der Waals surface area contributed by atoms with Gasteiger partial charge in [-0.15, -0.1) is 0 Å². The molecular formula is C63H48N4. The molecule has 13 rings (SSSR count). The molecule has 67 heavy (non-hydrogen) atoms. The van der Waals surface area contributed by atoms with Gasteiger partial charge in [-0.2, -0.15) is 10.5 Å². The van der Waals surface area contributed by atoms with Crippen LogP contribution in [0.1, 0.15) is 110 Å². The van der Waals surface area contributed by atoms with E-state index in [4.69, 9.17) is 0 Å². The molecule has 4 aliphatic rings. The molecule has 0 saturated heterocycles.